The number of aromatic nitrogens is 1. The molecule has 3 nitrogen and oxygen atoms in total. The predicted molar refractivity (Wildman–Crippen MR) is 77.7 cm³/mol. The first-order valence-corrected chi connectivity index (χ1v) is 7.60. The molecule has 1 aromatic heterocycles. The normalized spacial score (nSPS) is 25.9. The van der Waals surface area contributed by atoms with Crippen LogP contribution in [0.25, 0.3) is 0 Å². The maximum Gasteiger partial charge on any atom is 0.0503 e. The van der Waals surface area contributed by atoms with Gasteiger partial charge in [0.25, 0.3) is 0 Å². The van der Waals surface area contributed by atoms with E-state index in [1.54, 1.807) is 0 Å². The summed E-state index contributed by atoms with van der Waals surface area (Å²) in [6.45, 7) is 2.29. The Kier molecular flexibility index (Phi) is 5.15. The Bertz CT molecular complexity index is 375. The second kappa shape index (κ2) is 6.64. The zero-order valence-corrected chi connectivity index (χ0v) is 12.5. The molecule has 0 bridgehead atoms. The standard InChI is InChI=1S/C14H22BrN3/c1-2-10-3-5-11(6-4-10)14(18-16)12-7-13(15)9-17-8-12/h7-11,14,18H,2-6,16H2,1H3. The average molecular weight is 312 g/mol. The van der Waals surface area contributed by atoms with Gasteiger partial charge in [0.15, 0.2) is 0 Å². The Morgan fingerprint density at radius 2 is 2.11 bits per heavy atom. The van der Waals surface area contributed by atoms with Gasteiger partial charge in [-0.05, 0) is 52.2 Å². The summed E-state index contributed by atoms with van der Waals surface area (Å²) in [5, 5.41) is 0. The third-order valence-corrected chi connectivity index (χ3v) is 4.64. The molecule has 1 aromatic rings. The van der Waals surface area contributed by atoms with Gasteiger partial charge in [-0.15, -0.1) is 0 Å². The van der Waals surface area contributed by atoms with Gasteiger partial charge in [0.1, 0.15) is 0 Å². The molecule has 1 unspecified atom stereocenters. The monoisotopic (exact) mass is 311 g/mol. The summed E-state index contributed by atoms with van der Waals surface area (Å²) in [7, 11) is 0. The lowest BCUT2D eigenvalue weighted by atomic mass is 9.76. The number of hydrogen-bond acceptors (Lipinski definition) is 3. The van der Waals surface area contributed by atoms with Crippen LogP contribution < -0.4 is 11.3 Å². The van der Waals surface area contributed by atoms with Crippen molar-refractivity contribution in [3.63, 3.8) is 0 Å². The van der Waals surface area contributed by atoms with Crippen molar-refractivity contribution < 1.29 is 0 Å². The fraction of sp³-hybridized carbons (Fsp3) is 0.643. The first-order chi connectivity index (χ1) is 8.74. The van der Waals surface area contributed by atoms with Crippen LogP contribution in [0.1, 0.15) is 50.6 Å². The van der Waals surface area contributed by atoms with E-state index in [0.29, 0.717) is 5.92 Å². The van der Waals surface area contributed by atoms with Gasteiger partial charge in [0.2, 0.25) is 0 Å². The summed E-state index contributed by atoms with van der Waals surface area (Å²) in [4.78, 5) is 4.24. The van der Waals surface area contributed by atoms with E-state index in [0.717, 1.165) is 10.4 Å². The number of nitrogens with zero attached hydrogens (tertiary/aromatic N) is 1. The van der Waals surface area contributed by atoms with Gasteiger partial charge >= 0.3 is 0 Å². The molecule has 0 aromatic carbocycles. The van der Waals surface area contributed by atoms with Gasteiger partial charge in [0.05, 0.1) is 6.04 Å². The fourth-order valence-corrected chi connectivity index (χ4v) is 3.42. The molecule has 1 heterocycles. The highest BCUT2D eigenvalue weighted by molar-refractivity contribution is 9.10. The van der Waals surface area contributed by atoms with E-state index in [1.807, 2.05) is 12.4 Å². The first kappa shape index (κ1) is 14.0. The Morgan fingerprint density at radius 1 is 1.39 bits per heavy atom. The number of hydrogen-bond donors (Lipinski definition) is 2. The predicted octanol–water partition coefficient (Wildman–Crippen LogP) is 3.56. The molecule has 1 fully saturated rings. The largest absolute Gasteiger partial charge is 0.271 e. The number of nitrogens with two attached hydrogens (primary N) is 1. The molecule has 0 amide bonds. The van der Waals surface area contributed by atoms with Crippen LogP contribution in [0.3, 0.4) is 0 Å². The van der Waals surface area contributed by atoms with Crippen molar-refractivity contribution in [3.8, 4) is 0 Å². The summed E-state index contributed by atoms with van der Waals surface area (Å²) in [6, 6.07) is 2.34. The highest BCUT2D eigenvalue weighted by Gasteiger charge is 2.27. The van der Waals surface area contributed by atoms with E-state index in [-0.39, 0.29) is 6.04 Å². The van der Waals surface area contributed by atoms with E-state index in [9.17, 15) is 0 Å². The van der Waals surface area contributed by atoms with Crippen LogP contribution in [0, 0.1) is 11.8 Å². The molecule has 1 saturated carbocycles. The van der Waals surface area contributed by atoms with Gasteiger partial charge in [0, 0.05) is 16.9 Å². The molecule has 1 aliphatic rings. The summed E-state index contributed by atoms with van der Waals surface area (Å²) >= 11 is 3.47. The highest BCUT2D eigenvalue weighted by Crippen LogP contribution is 2.37. The fourth-order valence-electron chi connectivity index (χ4n) is 3.03. The van der Waals surface area contributed by atoms with Crippen molar-refractivity contribution >= 4 is 15.9 Å². The summed E-state index contributed by atoms with van der Waals surface area (Å²) in [5.41, 5.74) is 4.17. The maximum atomic E-state index is 5.76. The van der Waals surface area contributed by atoms with Crippen molar-refractivity contribution in [2.24, 2.45) is 17.7 Å². The third kappa shape index (κ3) is 3.31. The molecule has 18 heavy (non-hydrogen) atoms. The Morgan fingerprint density at radius 3 is 2.67 bits per heavy atom. The van der Waals surface area contributed by atoms with Gasteiger partial charge in [-0.25, -0.2) is 0 Å². The van der Waals surface area contributed by atoms with Gasteiger partial charge < -0.3 is 0 Å². The number of hydrazine groups is 1. The van der Waals surface area contributed by atoms with Crippen LogP contribution in [-0.4, -0.2) is 4.98 Å². The van der Waals surface area contributed by atoms with Crippen LogP contribution in [0.4, 0.5) is 0 Å². The van der Waals surface area contributed by atoms with Crippen LogP contribution in [0.5, 0.6) is 0 Å². The lowest BCUT2D eigenvalue weighted by molar-refractivity contribution is 0.219. The molecule has 4 heteroatoms. The lowest BCUT2D eigenvalue weighted by Gasteiger charge is -2.33. The van der Waals surface area contributed by atoms with Gasteiger partial charge in [-0.3, -0.25) is 16.3 Å². The van der Waals surface area contributed by atoms with E-state index >= 15 is 0 Å². The molecule has 0 radical (unpaired) electrons. The minimum absolute atomic E-state index is 0.229. The minimum Gasteiger partial charge on any atom is -0.271 e. The Labute approximate surface area is 118 Å². The second-order valence-electron chi connectivity index (χ2n) is 5.27. The number of halogens is 1. The van der Waals surface area contributed by atoms with Crippen molar-refractivity contribution in [3.05, 3.63) is 28.5 Å². The van der Waals surface area contributed by atoms with Crippen LogP contribution in [-0.2, 0) is 0 Å². The van der Waals surface area contributed by atoms with E-state index < -0.39 is 0 Å². The summed E-state index contributed by atoms with van der Waals surface area (Å²) in [5.74, 6) is 7.31. The van der Waals surface area contributed by atoms with Crippen molar-refractivity contribution in [1.82, 2.24) is 10.4 Å². The van der Waals surface area contributed by atoms with Crippen molar-refractivity contribution in [2.45, 2.75) is 45.1 Å². The van der Waals surface area contributed by atoms with E-state index in [1.165, 1.54) is 37.7 Å². The third-order valence-electron chi connectivity index (χ3n) is 4.20. The van der Waals surface area contributed by atoms with E-state index in [2.05, 4.69) is 39.3 Å². The van der Waals surface area contributed by atoms with Crippen LogP contribution in [0.15, 0.2) is 22.9 Å². The quantitative estimate of drug-likeness (QED) is 0.660. The molecule has 1 aliphatic carbocycles. The average Bonchev–Trinajstić information content (AvgIpc) is 2.40. The van der Waals surface area contributed by atoms with E-state index in [4.69, 9.17) is 5.84 Å². The molecule has 2 rings (SSSR count). The lowest BCUT2D eigenvalue weighted by Crippen LogP contribution is -2.35. The van der Waals surface area contributed by atoms with Crippen molar-refractivity contribution in [2.75, 3.05) is 0 Å². The Hall–Kier alpha value is -0.450. The summed E-state index contributed by atoms with van der Waals surface area (Å²) in [6.07, 6.45) is 10.2. The molecule has 1 atom stereocenters. The van der Waals surface area contributed by atoms with Gasteiger partial charge in [-0.1, -0.05) is 26.2 Å². The highest BCUT2D eigenvalue weighted by atomic mass is 79.9. The topological polar surface area (TPSA) is 50.9 Å². The maximum absolute atomic E-state index is 5.76. The van der Waals surface area contributed by atoms with Gasteiger partial charge in [-0.2, -0.15) is 0 Å². The number of rotatable bonds is 4. The molecule has 3 N–H and O–H groups in total. The number of nitrogens with one attached hydrogen (secondary N) is 1. The minimum atomic E-state index is 0.229. The molecule has 100 valence electrons. The molecule has 0 spiro atoms. The van der Waals surface area contributed by atoms with Crippen LogP contribution in [0.2, 0.25) is 0 Å². The first-order valence-electron chi connectivity index (χ1n) is 6.81. The zero-order valence-electron chi connectivity index (χ0n) is 10.9. The molecule has 0 aliphatic heterocycles. The Balaban J connectivity index is 2.05. The summed E-state index contributed by atoms with van der Waals surface area (Å²) < 4.78 is 1.02. The van der Waals surface area contributed by atoms with Crippen LogP contribution >= 0.6 is 15.9 Å². The smallest absolute Gasteiger partial charge is 0.0503 e. The second-order valence-corrected chi connectivity index (χ2v) is 6.19. The SMILES string of the molecule is CCC1CCC(C(NN)c2cncc(Br)c2)CC1. The zero-order chi connectivity index (χ0) is 13.0. The molecular weight excluding hydrogens is 290 g/mol. The molecular formula is C14H22BrN3. The number of pyridine rings is 1. The molecule has 0 saturated heterocycles. The van der Waals surface area contributed by atoms with Crippen molar-refractivity contribution in [1.29, 1.82) is 0 Å².